The van der Waals surface area contributed by atoms with Gasteiger partial charge in [0.05, 0.1) is 0 Å². The van der Waals surface area contributed by atoms with Crippen molar-refractivity contribution >= 4 is 29.2 Å². The summed E-state index contributed by atoms with van der Waals surface area (Å²) in [6.45, 7) is 7.54. The molecule has 2 N–H and O–H groups in total. The fraction of sp³-hybridized carbons (Fsp3) is 0.609. The Balaban J connectivity index is 1.26. The molecule has 0 bridgehead atoms. The van der Waals surface area contributed by atoms with E-state index in [1.54, 1.807) is 0 Å². The largest absolute Gasteiger partial charge is 0.369 e. The van der Waals surface area contributed by atoms with Gasteiger partial charge in [-0.15, -0.1) is 0 Å². The summed E-state index contributed by atoms with van der Waals surface area (Å²) in [6, 6.07) is 7.50. The summed E-state index contributed by atoms with van der Waals surface area (Å²) >= 11 is 0. The van der Waals surface area contributed by atoms with E-state index in [2.05, 4.69) is 27.4 Å². The van der Waals surface area contributed by atoms with Gasteiger partial charge in [0.25, 0.3) is 5.91 Å². The number of piperazine rings is 1. The van der Waals surface area contributed by atoms with Gasteiger partial charge in [-0.1, -0.05) is 26.2 Å². The molecule has 3 fully saturated rings. The zero-order chi connectivity index (χ0) is 21.8. The third kappa shape index (κ3) is 4.69. The van der Waals surface area contributed by atoms with Gasteiger partial charge in [0.2, 0.25) is 5.91 Å². The second-order valence-corrected chi connectivity index (χ2v) is 8.80. The van der Waals surface area contributed by atoms with Gasteiger partial charge in [-0.2, -0.15) is 0 Å². The summed E-state index contributed by atoms with van der Waals surface area (Å²) < 4.78 is 0. The number of carbonyl (C=O) groups is 3. The number of hydrogen-bond acceptors (Lipinski definition) is 5. The Labute approximate surface area is 183 Å². The molecule has 0 aromatic heterocycles. The van der Waals surface area contributed by atoms with Crippen LogP contribution in [0.25, 0.3) is 0 Å². The highest BCUT2D eigenvalue weighted by atomic mass is 16.2. The summed E-state index contributed by atoms with van der Waals surface area (Å²) in [5.74, 6) is -0.368. The molecular weight excluding hydrogens is 394 g/mol. The molecule has 8 nitrogen and oxygen atoms in total. The van der Waals surface area contributed by atoms with Gasteiger partial charge in [-0.05, 0) is 43.7 Å². The van der Waals surface area contributed by atoms with Crippen LogP contribution in [0, 0.1) is 0 Å². The number of urea groups is 1. The van der Waals surface area contributed by atoms with Crippen LogP contribution in [0.4, 0.5) is 16.2 Å². The molecule has 2 aliphatic heterocycles. The van der Waals surface area contributed by atoms with Crippen LogP contribution in [0.15, 0.2) is 24.3 Å². The van der Waals surface area contributed by atoms with Crippen LogP contribution in [0.2, 0.25) is 0 Å². The molecule has 2 heterocycles. The Morgan fingerprint density at radius 1 is 1.03 bits per heavy atom. The quantitative estimate of drug-likeness (QED) is 0.681. The highest BCUT2D eigenvalue weighted by Crippen LogP contribution is 2.33. The van der Waals surface area contributed by atoms with Gasteiger partial charge >= 0.3 is 6.03 Å². The average molecular weight is 428 g/mol. The highest BCUT2D eigenvalue weighted by Gasteiger charge is 2.51. The number of amides is 4. The van der Waals surface area contributed by atoms with E-state index < -0.39 is 5.54 Å². The van der Waals surface area contributed by atoms with Crippen molar-refractivity contribution in [1.29, 1.82) is 0 Å². The Hall–Kier alpha value is -2.61. The van der Waals surface area contributed by atoms with E-state index in [-0.39, 0.29) is 30.8 Å². The summed E-state index contributed by atoms with van der Waals surface area (Å²) in [7, 11) is 0. The van der Waals surface area contributed by atoms with E-state index in [9.17, 15) is 14.4 Å². The van der Waals surface area contributed by atoms with Crippen LogP contribution in [0.1, 0.15) is 45.4 Å². The molecule has 3 aliphatic rings. The number of likely N-dealkylation sites (N-methyl/N-ethyl adjacent to an activating group) is 1. The molecule has 168 valence electrons. The van der Waals surface area contributed by atoms with Crippen molar-refractivity contribution in [3.8, 4) is 0 Å². The maximum Gasteiger partial charge on any atom is 0.325 e. The van der Waals surface area contributed by atoms with Gasteiger partial charge < -0.3 is 20.4 Å². The molecule has 0 unspecified atom stereocenters. The molecule has 8 heteroatoms. The number of nitrogens with one attached hydrogen (secondary N) is 2. The monoisotopic (exact) mass is 427 g/mol. The zero-order valence-corrected chi connectivity index (χ0v) is 18.4. The van der Waals surface area contributed by atoms with E-state index in [0.29, 0.717) is 12.8 Å². The van der Waals surface area contributed by atoms with Crippen LogP contribution in [0.5, 0.6) is 0 Å². The van der Waals surface area contributed by atoms with Crippen LogP contribution < -0.4 is 15.5 Å². The first-order valence-electron chi connectivity index (χ1n) is 11.5. The van der Waals surface area contributed by atoms with Crippen molar-refractivity contribution in [2.45, 2.75) is 51.0 Å². The van der Waals surface area contributed by atoms with Gasteiger partial charge in [0.1, 0.15) is 5.54 Å². The molecule has 0 atom stereocenters. The molecule has 0 radical (unpaired) electrons. The van der Waals surface area contributed by atoms with Crippen molar-refractivity contribution in [3.63, 3.8) is 0 Å². The molecule has 31 heavy (non-hydrogen) atoms. The Morgan fingerprint density at radius 3 is 2.35 bits per heavy atom. The topological polar surface area (TPSA) is 85.0 Å². The van der Waals surface area contributed by atoms with E-state index >= 15 is 0 Å². The molecule has 1 spiro atoms. The maximum atomic E-state index is 12.8. The second-order valence-electron chi connectivity index (χ2n) is 8.80. The van der Waals surface area contributed by atoms with E-state index in [4.69, 9.17) is 0 Å². The third-order valence-corrected chi connectivity index (χ3v) is 6.85. The maximum absolute atomic E-state index is 12.8. The Bertz CT molecular complexity index is 811. The lowest BCUT2D eigenvalue weighted by Gasteiger charge is -2.35. The van der Waals surface area contributed by atoms with Crippen LogP contribution in [0.3, 0.4) is 0 Å². The standard InChI is InChI=1S/C23H33N5O3/c1-2-26-14-16-27(17-15-26)19-8-6-18(7-9-19)24-20(29)10-13-28-21(30)23(25-22(28)31)11-4-3-5-12-23/h6-9H,2-5,10-17H2,1H3,(H,24,29)(H,25,31). The Morgan fingerprint density at radius 2 is 1.71 bits per heavy atom. The number of rotatable bonds is 6. The first-order chi connectivity index (χ1) is 15.0. The number of imide groups is 1. The van der Waals surface area contributed by atoms with Gasteiger partial charge in [0.15, 0.2) is 0 Å². The van der Waals surface area contributed by atoms with Crippen LogP contribution >= 0.6 is 0 Å². The summed E-state index contributed by atoms with van der Waals surface area (Å²) in [5, 5.41) is 5.76. The molecule has 1 aromatic carbocycles. The summed E-state index contributed by atoms with van der Waals surface area (Å²) in [5.41, 5.74) is 1.15. The van der Waals surface area contributed by atoms with Crippen LogP contribution in [-0.2, 0) is 9.59 Å². The van der Waals surface area contributed by atoms with Gasteiger partial charge in [-0.25, -0.2) is 4.79 Å². The SMILES string of the molecule is CCN1CCN(c2ccc(NC(=O)CCN3C(=O)NC4(CCCCC4)C3=O)cc2)CC1. The average Bonchev–Trinajstić information content (AvgIpc) is 3.02. The van der Waals surface area contributed by atoms with Crippen molar-refractivity contribution in [2.75, 3.05) is 49.5 Å². The minimum Gasteiger partial charge on any atom is -0.369 e. The smallest absolute Gasteiger partial charge is 0.325 e. The van der Waals surface area contributed by atoms with Crippen molar-refractivity contribution in [2.24, 2.45) is 0 Å². The predicted octanol–water partition coefficient (Wildman–Crippen LogP) is 2.41. The predicted molar refractivity (Wildman–Crippen MR) is 120 cm³/mol. The number of carbonyl (C=O) groups excluding carboxylic acids is 3. The highest BCUT2D eigenvalue weighted by molar-refractivity contribution is 6.07. The van der Waals surface area contributed by atoms with Crippen molar-refractivity contribution < 1.29 is 14.4 Å². The number of benzene rings is 1. The van der Waals surface area contributed by atoms with Gasteiger partial charge in [-0.3, -0.25) is 14.5 Å². The van der Waals surface area contributed by atoms with E-state index in [1.165, 1.54) is 4.90 Å². The lowest BCUT2D eigenvalue weighted by molar-refractivity contribution is -0.132. The summed E-state index contributed by atoms with van der Waals surface area (Å²) in [6.07, 6.45) is 4.48. The first-order valence-corrected chi connectivity index (χ1v) is 11.5. The summed E-state index contributed by atoms with van der Waals surface area (Å²) in [4.78, 5) is 43.5. The second kappa shape index (κ2) is 9.26. The zero-order valence-electron chi connectivity index (χ0n) is 18.4. The van der Waals surface area contributed by atoms with E-state index in [0.717, 1.165) is 63.4 Å². The lowest BCUT2D eigenvalue weighted by atomic mass is 9.82. The van der Waals surface area contributed by atoms with Crippen molar-refractivity contribution in [1.82, 2.24) is 15.1 Å². The molecule has 4 rings (SSSR count). The van der Waals surface area contributed by atoms with E-state index in [1.807, 2.05) is 24.3 Å². The molecule has 1 saturated carbocycles. The minimum absolute atomic E-state index is 0.0932. The third-order valence-electron chi connectivity index (χ3n) is 6.85. The number of nitrogens with zero attached hydrogens (tertiary/aromatic N) is 3. The molecule has 4 amide bonds. The minimum atomic E-state index is -0.732. The Kier molecular flexibility index (Phi) is 6.46. The number of anilines is 2. The van der Waals surface area contributed by atoms with Gasteiger partial charge in [0, 0.05) is 50.5 Å². The molecule has 2 saturated heterocycles. The lowest BCUT2D eigenvalue weighted by Crippen LogP contribution is -2.48. The normalized spacial score (nSPS) is 21.5. The number of hydrogen-bond donors (Lipinski definition) is 2. The first kappa shape index (κ1) is 21.6. The van der Waals surface area contributed by atoms with Crippen molar-refractivity contribution in [3.05, 3.63) is 24.3 Å². The fourth-order valence-electron chi connectivity index (χ4n) is 4.89. The molecular formula is C23H33N5O3. The molecule has 1 aliphatic carbocycles. The molecule has 1 aromatic rings. The fourth-order valence-corrected chi connectivity index (χ4v) is 4.89. The van der Waals surface area contributed by atoms with Crippen LogP contribution in [-0.4, -0.2) is 72.5 Å².